The molecule has 27 heavy (non-hydrogen) atoms. The molecule has 0 spiro atoms. The summed E-state index contributed by atoms with van der Waals surface area (Å²) in [5.74, 6) is -0.483. The molecule has 0 saturated heterocycles. The molecule has 1 fully saturated rings. The largest absolute Gasteiger partial charge is 0.467 e. The molecule has 5 nitrogen and oxygen atoms in total. The molecule has 3 atom stereocenters. The van der Waals surface area contributed by atoms with Gasteiger partial charge in [0.05, 0.1) is 7.11 Å². The number of ether oxygens (including phenoxy) is 1. The highest BCUT2D eigenvalue weighted by Gasteiger charge is 2.35. The summed E-state index contributed by atoms with van der Waals surface area (Å²) in [6, 6.07) is 8.79. The van der Waals surface area contributed by atoms with Gasteiger partial charge in [-0.2, -0.15) is 0 Å². The maximum absolute atomic E-state index is 12.6. The first-order valence-electron chi connectivity index (χ1n) is 9.64. The third-order valence-corrected chi connectivity index (χ3v) is 5.09. The molecule has 0 aliphatic heterocycles. The lowest BCUT2D eigenvalue weighted by Crippen LogP contribution is -2.43. The number of carbonyl (C=O) groups excluding carboxylic acids is 3. The average molecular weight is 371 g/mol. The van der Waals surface area contributed by atoms with E-state index in [1.54, 1.807) is 0 Å². The highest BCUT2D eigenvalue weighted by Crippen LogP contribution is 2.34. The number of Topliss-reactive ketones (excluding diaryl/α,β-unsaturated/α-hetero) is 1. The van der Waals surface area contributed by atoms with Crippen LogP contribution in [0.5, 0.6) is 0 Å². The smallest absolute Gasteiger partial charge is 0.328 e. The average Bonchev–Trinajstić information content (AvgIpc) is 3.01. The maximum atomic E-state index is 12.6. The van der Waals surface area contributed by atoms with Crippen molar-refractivity contribution in [3.8, 4) is 0 Å². The predicted molar refractivity (Wildman–Crippen MR) is 104 cm³/mol. The van der Waals surface area contributed by atoms with Gasteiger partial charge in [-0.15, -0.1) is 0 Å². The second-order valence-electron chi connectivity index (χ2n) is 7.02. The van der Waals surface area contributed by atoms with Crippen molar-refractivity contribution in [2.24, 2.45) is 11.8 Å². The van der Waals surface area contributed by atoms with Crippen molar-refractivity contribution in [2.75, 3.05) is 7.11 Å². The van der Waals surface area contributed by atoms with E-state index >= 15 is 0 Å². The molecule has 1 aromatic carbocycles. The minimum absolute atomic E-state index is 0.0361. The van der Waals surface area contributed by atoms with Gasteiger partial charge in [-0.05, 0) is 30.7 Å². The van der Waals surface area contributed by atoms with Crippen LogP contribution in [0.25, 0.3) is 0 Å². The Bertz CT molecular complexity index is 668. The number of hydrogen-bond acceptors (Lipinski definition) is 4. The molecule has 146 valence electrons. The molecule has 1 unspecified atom stereocenters. The fourth-order valence-electron chi connectivity index (χ4n) is 3.63. The summed E-state index contributed by atoms with van der Waals surface area (Å²) in [6.07, 6.45) is 7.62. The van der Waals surface area contributed by atoms with E-state index < -0.39 is 12.0 Å². The normalized spacial score (nSPS) is 20.6. The Morgan fingerprint density at radius 3 is 2.67 bits per heavy atom. The minimum Gasteiger partial charge on any atom is -0.467 e. The highest BCUT2D eigenvalue weighted by molar-refractivity contribution is 5.87. The third-order valence-electron chi connectivity index (χ3n) is 5.09. The Kier molecular flexibility index (Phi) is 8.24. The first-order chi connectivity index (χ1) is 13.0. The van der Waals surface area contributed by atoms with E-state index in [-0.39, 0.29) is 29.9 Å². The number of allylic oxidation sites excluding steroid dienone is 2. The molecule has 5 heteroatoms. The van der Waals surface area contributed by atoms with Crippen LogP contribution in [-0.2, 0) is 25.5 Å². The first kappa shape index (κ1) is 20.9. The fourth-order valence-corrected chi connectivity index (χ4v) is 3.63. The third kappa shape index (κ3) is 6.35. The van der Waals surface area contributed by atoms with E-state index in [1.807, 2.05) is 36.4 Å². The second-order valence-corrected chi connectivity index (χ2v) is 7.02. The SMILES string of the molecule is CC/C=C\C[C@@H]1C(=O)CC[C@H]1CC(=O)NC(Cc1ccccc1)C(=O)OC. The highest BCUT2D eigenvalue weighted by atomic mass is 16.5. The van der Waals surface area contributed by atoms with Gasteiger partial charge in [0.2, 0.25) is 5.91 Å². The topological polar surface area (TPSA) is 72.5 Å². The summed E-state index contributed by atoms with van der Waals surface area (Å²) in [4.78, 5) is 36.8. The first-order valence-corrected chi connectivity index (χ1v) is 9.64. The number of amides is 1. The lowest BCUT2D eigenvalue weighted by atomic mass is 9.89. The zero-order chi connectivity index (χ0) is 19.6. The van der Waals surface area contributed by atoms with Gasteiger partial charge in [0.15, 0.2) is 0 Å². The van der Waals surface area contributed by atoms with E-state index in [0.717, 1.165) is 18.4 Å². The van der Waals surface area contributed by atoms with E-state index in [9.17, 15) is 14.4 Å². The molecule has 0 heterocycles. The number of esters is 1. The van der Waals surface area contributed by atoms with Crippen molar-refractivity contribution < 1.29 is 19.1 Å². The molecule has 2 rings (SSSR count). The molecule has 1 aliphatic rings. The van der Waals surface area contributed by atoms with Crippen LogP contribution in [0.4, 0.5) is 0 Å². The van der Waals surface area contributed by atoms with E-state index in [4.69, 9.17) is 4.74 Å². The summed E-state index contributed by atoms with van der Waals surface area (Å²) in [6.45, 7) is 2.05. The number of rotatable bonds is 9. The van der Waals surface area contributed by atoms with Gasteiger partial charge in [0.1, 0.15) is 11.8 Å². The Balaban J connectivity index is 1.96. The van der Waals surface area contributed by atoms with Gasteiger partial charge in [0.25, 0.3) is 0 Å². The van der Waals surface area contributed by atoms with Crippen LogP contribution in [0.3, 0.4) is 0 Å². The second kappa shape index (κ2) is 10.7. The van der Waals surface area contributed by atoms with Crippen LogP contribution >= 0.6 is 0 Å². The number of carbonyl (C=O) groups is 3. The molecule has 1 aromatic rings. The van der Waals surface area contributed by atoms with E-state index in [0.29, 0.717) is 19.3 Å². The zero-order valence-corrected chi connectivity index (χ0v) is 16.1. The van der Waals surface area contributed by atoms with Crippen LogP contribution in [0.1, 0.15) is 44.6 Å². The zero-order valence-electron chi connectivity index (χ0n) is 16.1. The maximum Gasteiger partial charge on any atom is 0.328 e. The van der Waals surface area contributed by atoms with E-state index in [2.05, 4.69) is 18.3 Å². The molecule has 1 N–H and O–H groups in total. The lowest BCUT2D eigenvalue weighted by Gasteiger charge is -2.20. The minimum atomic E-state index is -0.722. The van der Waals surface area contributed by atoms with Gasteiger partial charge in [0, 0.05) is 25.2 Å². The van der Waals surface area contributed by atoms with E-state index in [1.165, 1.54) is 7.11 Å². The van der Waals surface area contributed by atoms with Crippen LogP contribution in [0.2, 0.25) is 0 Å². The predicted octanol–water partition coefficient (Wildman–Crippen LogP) is 3.23. The summed E-state index contributed by atoms with van der Waals surface area (Å²) < 4.78 is 4.84. The van der Waals surface area contributed by atoms with Crippen molar-refractivity contribution in [3.63, 3.8) is 0 Å². The Morgan fingerprint density at radius 2 is 2.00 bits per heavy atom. The summed E-state index contributed by atoms with van der Waals surface area (Å²) in [5, 5.41) is 2.80. The van der Waals surface area contributed by atoms with Crippen LogP contribution in [-0.4, -0.2) is 30.8 Å². The Labute approximate surface area is 161 Å². The molecule has 1 amide bonds. The molecule has 0 bridgehead atoms. The van der Waals surface area contributed by atoms with Crippen LogP contribution < -0.4 is 5.32 Å². The van der Waals surface area contributed by atoms with Crippen molar-refractivity contribution in [1.29, 1.82) is 0 Å². The van der Waals surface area contributed by atoms with Gasteiger partial charge < -0.3 is 10.1 Å². The monoisotopic (exact) mass is 371 g/mol. The molecule has 0 radical (unpaired) electrons. The standard InChI is InChI=1S/C22H29NO4/c1-3-4-6-11-18-17(12-13-20(18)24)15-21(25)23-19(22(26)27-2)14-16-9-7-5-8-10-16/h4-10,17-19H,3,11-15H2,1-2H3,(H,23,25)/b6-4-/t17-,18-,19?/m0/s1. The van der Waals surface area contributed by atoms with Crippen LogP contribution in [0, 0.1) is 11.8 Å². The number of nitrogens with one attached hydrogen (secondary N) is 1. The van der Waals surface area contributed by atoms with Gasteiger partial charge in [-0.3, -0.25) is 9.59 Å². The molecular formula is C22H29NO4. The lowest BCUT2D eigenvalue weighted by molar-refractivity contribution is -0.145. The number of methoxy groups -OCH3 is 1. The Hall–Kier alpha value is -2.43. The summed E-state index contributed by atoms with van der Waals surface area (Å²) >= 11 is 0. The quantitative estimate of drug-likeness (QED) is 0.534. The van der Waals surface area contributed by atoms with Gasteiger partial charge in [-0.25, -0.2) is 4.79 Å². The molecule has 1 aliphatic carbocycles. The van der Waals surface area contributed by atoms with Crippen molar-refractivity contribution in [3.05, 3.63) is 48.0 Å². The fraction of sp³-hybridized carbons (Fsp3) is 0.500. The summed E-state index contributed by atoms with van der Waals surface area (Å²) in [5.41, 5.74) is 0.951. The van der Waals surface area contributed by atoms with Crippen molar-refractivity contribution in [1.82, 2.24) is 5.32 Å². The number of benzene rings is 1. The van der Waals surface area contributed by atoms with Crippen LogP contribution in [0.15, 0.2) is 42.5 Å². The molecule has 1 saturated carbocycles. The van der Waals surface area contributed by atoms with Gasteiger partial charge in [-0.1, -0.05) is 49.4 Å². The summed E-state index contributed by atoms with van der Waals surface area (Å²) in [7, 11) is 1.32. The number of ketones is 1. The molecular weight excluding hydrogens is 342 g/mol. The Morgan fingerprint density at radius 1 is 1.26 bits per heavy atom. The van der Waals surface area contributed by atoms with Crippen molar-refractivity contribution in [2.45, 2.75) is 51.5 Å². The van der Waals surface area contributed by atoms with Crippen molar-refractivity contribution >= 4 is 17.7 Å². The number of hydrogen-bond donors (Lipinski definition) is 1. The molecule has 0 aromatic heterocycles. The van der Waals surface area contributed by atoms with Gasteiger partial charge >= 0.3 is 5.97 Å².